The second-order valence-electron chi connectivity index (χ2n) is 5.63. The second-order valence-corrected chi connectivity index (χ2v) is 5.63. The standard InChI is InChI=1S/C20H19N5/c1-3-18(22)17-9-6-15(12-19(17)23-2)20-10-11-24-25(20)16-7-4-14(13-21)5-8-16/h4-12,22-23H,3H2,1-2H3. The molecule has 0 aliphatic rings. The van der Waals surface area contributed by atoms with E-state index >= 15 is 0 Å². The van der Waals surface area contributed by atoms with Crippen LogP contribution in [-0.2, 0) is 0 Å². The Morgan fingerprint density at radius 3 is 2.60 bits per heavy atom. The fraction of sp³-hybridized carbons (Fsp3) is 0.150. The summed E-state index contributed by atoms with van der Waals surface area (Å²) in [4.78, 5) is 0. The molecule has 0 atom stereocenters. The van der Waals surface area contributed by atoms with Gasteiger partial charge in [-0.05, 0) is 42.8 Å². The highest BCUT2D eigenvalue weighted by atomic mass is 15.3. The molecule has 0 aliphatic heterocycles. The number of benzene rings is 2. The Balaban J connectivity index is 2.05. The lowest BCUT2D eigenvalue weighted by Gasteiger charge is -2.13. The molecular weight excluding hydrogens is 310 g/mol. The van der Waals surface area contributed by atoms with Gasteiger partial charge in [-0.15, -0.1) is 0 Å². The smallest absolute Gasteiger partial charge is 0.0991 e. The van der Waals surface area contributed by atoms with Gasteiger partial charge in [0.05, 0.1) is 29.2 Å². The fourth-order valence-corrected chi connectivity index (χ4v) is 2.77. The molecule has 0 bridgehead atoms. The topological polar surface area (TPSA) is 77.5 Å². The molecule has 124 valence electrons. The molecule has 1 aromatic heterocycles. The summed E-state index contributed by atoms with van der Waals surface area (Å²) >= 11 is 0. The van der Waals surface area contributed by atoms with Crippen LogP contribution in [0.2, 0.25) is 0 Å². The van der Waals surface area contributed by atoms with Gasteiger partial charge in [-0.25, -0.2) is 4.68 Å². The normalized spacial score (nSPS) is 10.3. The quantitative estimate of drug-likeness (QED) is 0.688. The van der Waals surface area contributed by atoms with E-state index in [1.165, 1.54) is 0 Å². The second kappa shape index (κ2) is 7.02. The monoisotopic (exact) mass is 329 g/mol. The van der Waals surface area contributed by atoms with E-state index in [2.05, 4.69) is 16.5 Å². The number of aromatic nitrogens is 2. The van der Waals surface area contributed by atoms with Crippen LogP contribution in [0.3, 0.4) is 0 Å². The van der Waals surface area contributed by atoms with E-state index in [1.54, 1.807) is 18.3 Å². The molecule has 0 amide bonds. The molecule has 0 unspecified atom stereocenters. The first kappa shape index (κ1) is 16.5. The summed E-state index contributed by atoms with van der Waals surface area (Å²) < 4.78 is 1.85. The Kier molecular flexibility index (Phi) is 4.62. The van der Waals surface area contributed by atoms with Crippen molar-refractivity contribution < 1.29 is 0 Å². The van der Waals surface area contributed by atoms with Gasteiger partial charge in [-0.2, -0.15) is 10.4 Å². The van der Waals surface area contributed by atoms with Crippen LogP contribution in [0, 0.1) is 16.7 Å². The van der Waals surface area contributed by atoms with E-state index in [1.807, 2.05) is 55.1 Å². The molecule has 0 saturated heterocycles. The lowest BCUT2D eigenvalue weighted by atomic mass is 10.0. The van der Waals surface area contributed by atoms with Crippen LogP contribution in [0.15, 0.2) is 54.7 Å². The number of anilines is 1. The molecule has 0 fully saturated rings. The minimum Gasteiger partial charge on any atom is -0.388 e. The minimum absolute atomic E-state index is 0.608. The largest absolute Gasteiger partial charge is 0.388 e. The summed E-state index contributed by atoms with van der Waals surface area (Å²) in [5, 5.41) is 24.6. The van der Waals surface area contributed by atoms with E-state index in [0.717, 1.165) is 28.2 Å². The molecular formula is C20H19N5. The highest BCUT2D eigenvalue weighted by Crippen LogP contribution is 2.28. The van der Waals surface area contributed by atoms with Gasteiger partial charge in [-0.3, -0.25) is 0 Å². The summed E-state index contributed by atoms with van der Waals surface area (Å²) in [5.74, 6) is 0. The highest BCUT2D eigenvalue weighted by Gasteiger charge is 2.12. The molecule has 0 aliphatic carbocycles. The third kappa shape index (κ3) is 3.15. The maximum atomic E-state index is 8.94. The molecule has 3 aromatic rings. The van der Waals surface area contributed by atoms with Crippen molar-refractivity contribution in [2.75, 3.05) is 12.4 Å². The predicted molar refractivity (Wildman–Crippen MR) is 100 cm³/mol. The number of nitrogens with zero attached hydrogens (tertiary/aromatic N) is 3. The average Bonchev–Trinajstić information content (AvgIpc) is 3.16. The summed E-state index contributed by atoms with van der Waals surface area (Å²) in [7, 11) is 1.86. The number of rotatable bonds is 5. The summed E-state index contributed by atoms with van der Waals surface area (Å²) in [6.07, 6.45) is 2.45. The average molecular weight is 329 g/mol. The van der Waals surface area contributed by atoms with Gasteiger partial charge in [0, 0.05) is 29.6 Å². The van der Waals surface area contributed by atoms with E-state index in [0.29, 0.717) is 17.7 Å². The molecule has 25 heavy (non-hydrogen) atoms. The molecule has 2 N–H and O–H groups in total. The first-order valence-electron chi connectivity index (χ1n) is 8.12. The first-order valence-corrected chi connectivity index (χ1v) is 8.12. The Hall–Kier alpha value is -3.39. The Morgan fingerprint density at radius 2 is 1.96 bits per heavy atom. The number of nitriles is 1. The first-order chi connectivity index (χ1) is 12.2. The van der Waals surface area contributed by atoms with Crippen molar-refractivity contribution in [3.63, 3.8) is 0 Å². The van der Waals surface area contributed by atoms with E-state index in [-0.39, 0.29) is 0 Å². The van der Waals surface area contributed by atoms with E-state index < -0.39 is 0 Å². The van der Waals surface area contributed by atoms with Crippen LogP contribution < -0.4 is 5.32 Å². The van der Waals surface area contributed by atoms with Gasteiger partial charge in [0.25, 0.3) is 0 Å². The van der Waals surface area contributed by atoms with Gasteiger partial charge in [0.1, 0.15) is 0 Å². The van der Waals surface area contributed by atoms with Crippen molar-refractivity contribution in [3.05, 3.63) is 65.9 Å². The Labute approximate surface area is 147 Å². The number of hydrogen-bond acceptors (Lipinski definition) is 4. The zero-order chi connectivity index (χ0) is 17.8. The van der Waals surface area contributed by atoms with Gasteiger partial charge in [-0.1, -0.05) is 19.1 Å². The molecule has 3 rings (SSSR count). The fourth-order valence-electron chi connectivity index (χ4n) is 2.77. The molecule has 0 radical (unpaired) electrons. The third-order valence-electron chi connectivity index (χ3n) is 4.15. The molecule has 5 nitrogen and oxygen atoms in total. The van der Waals surface area contributed by atoms with Gasteiger partial charge >= 0.3 is 0 Å². The van der Waals surface area contributed by atoms with E-state index in [9.17, 15) is 0 Å². The van der Waals surface area contributed by atoms with Gasteiger partial charge in [0.2, 0.25) is 0 Å². The Bertz CT molecular complexity index is 945. The predicted octanol–water partition coefficient (Wildman–Crippen LogP) is 4.23. The number of nitrogens with one attached hydrogen (secondary N) is 2. The molecule has 2 aromatic carbocycles. The molecule has 0 saturated carbocycles. The van der Waals surface area contributed by atoms with Crippen molar-refractivity contribution in [1.82, 2.24) is 9.78 Å². The van der Waals surface area contributed by atoms with Crippen LogP contribution in [0.25, 0.3) is 16.9 Å². The van der Waals surface area contributed by atoms with Crippen LogP contribution in [-0.4, -0.2) is 22.5 Å². The lowest BCUT2D eigenvalue weighted by molar-refractivity contribution is 0.888. The van der Waals surface area contributed by atoms with Crippen LogP contribution in [0.4, 0.5) is 5.69 Å². The SMILES string of the molecule is CCC(=N)c1ccc(-c2ccnn2-c2ccc(C#N)cc2)cc1NC. The molecule has 5 heteroatoms. The summed E-state index contributed by atoms with van der Waals surface area (Å²) in [6.45, 7) is 1.98. The summed E-state index contributed by atoms with van der Waals surface area (Å²) in [6, 6.07) is 17.4. The maximum absolute atomic E-state index is 8.94. The van der Waals surface area contributed by atoms with Crippen LogP contribution >= 0.6 is 0 Å². The van der Waals surface area contributed by atoms with Crippen LogP contribution in [0.1, 0.15) is 24.5 Å². The lowest BCUT2D eigenvalue weighted by Crippen LogP contribution is -2.04. The van der Waals surface area contributed by atoms with Crippen molar-refractivity contribution in [2.45, 2.75) is 13.3 Å². The van der Waals surface area contributed by atoms with E-state index in [4.69, 9.17) is 10.7 Å². The Morgan fingerprint density at radius 1 is 1.20 bits per heavy atom. The van der Waals surface area contributed by atoms with Crippen LogP contribution in [0.5, 0.6) is 0 Å². The molecule has 1 heterocycles. The summed E-state index contributed by atoms with van der Waals surface area (Å²) in [5.41, 5.74) is 5.94. The highest BCUT2D eigenvalue weighted by molar-refractivity contribution is 6.03. The molecule has 0 spiro atoms. The zero-order valence-electron chi connectivity index (χ0n) is 14.2. The third-order valence-corrected chi connectivity index (χ3v) is 4.15. The van der Waals surface area contributed by atoms with Gasteiger partial charge in [0.15, 0.2) is 0 Å². The van der Waals surface area contributed by atoms with Gasteiger partial charge < -0.3 is 10.7 Å². The van der Waals surface area contributed by atoms with Crippen molar-refractivity contribution in [2.24, 2.45) is 0 Å². The number of hydrogen-bond donors (Lipinski definition) is 2. The zero-order valence-corrected chi connectivity index (χ0v) is 14.2. The van der Waals surface area contributed by atoms with Crippen molar-refractivity contribution in [1.29, 1.82) is 10.7 Å². The maximum Gasteiger partial charge on any atom is 0.0991 e. The minimum atomic E-state index is 0.608. The van der Waals surface area contributed by atoms with Crippen molar-refractivity contribution in [3.8, 4) is 23.0 Å². The van der Waals surface area contributed by atoms with Crippen molar-refractivity contribution >= 4 is 11.4 Å².